The summed E-state index contributed by atoms with van der Waals surface area (Å²) in [7, 11) is 0. The van der Waals surface area contributed by atoms with Gasteiger partial charge >= 0.3 is 0 Å². The standard InChI is InChI=1S/C12H3Cl6NO2/c13-4-1-2-5(14)10(16)8(4)9-11(17)6(15)3-7(12(9)18)19(20)21/h1-3H. The van der Waals surface area contributed by atoms with Gasteiger partial charge in [0.15, 0.2) is 0 Å². The van der Waals surface area contributed by atoms with E-state index in [-0.39, 0.29) is 41.3 Å². The minimum absolute atomic E-state index is 0.00154. The van der Waals surface area contributed by atoms with Crippen LogP contribution < -0.4 is 0 Å². The van der Waals surface area contributed by atoms with Crippen LogP contribution >= 0.6 is 69.6 Å². The van der Waals surface area contributed by atoms with Crippen molar-refractivity contribution >= 4 is 75.3 Å². The molecule has 0 fully saturated rings. The molecule has 21 heavy (non-hydrogen) atoms. The van der Waals surface area contributed by atoms with Crippen LogP contribution in [0.3, 0.4) is 0 Å². The van der Waals surface area contributed by atoms with Crippen molar-refractivity contribution in [2.75, 3.05) is 0 Å². The van der Waals surface area contributed by atoms with Crippen molar-refractivity contribution in [3.8, 4) is 11.1 Å². The minimum Gasteiger partial charge on any atom is -0.258 e. The van der Waals surface area contributed by atoms with Crippen LogP contribution in [0.4, 0.5) is 5.69 Å². The molecule has 2 aromatic carbocycles. The van der Waals surface area contributed by atoms with Gasteiger partial charge < -0.3 is 0 Å². The number of benzene rings is 2. The fourth-order valence-electron chi connectivity index (χ4n) is 1.70. The number of nitrogens with zero attached hydrogens (tertiary/aromatic N) is 1. The van der Waals surface area contributed by atoms with Gasteiger partial charge in [-0.25, -0.2) is 0 Å². The Labute approximate surface area is 149 Å². The summed E-state index contributed by atoms with van der Waals surface area (Å²) in [5, 5.41) is 11.2. The number of nitro benzene ring substituents is 1. The first-order chi connectivity index (χ1) is 9.75. The Morgan fingerprint density at radius 3 is 1.86 bits per heavy atom. The van der Waals surface area contributed by atoms with Gasteiger partial charge in [-0.15, -0.1) is 0 Å². The fourth-order valence-corrected chi connectivity index (χ4v) is 3.22. The third-order valence-electron chi connectivity index (χ3n) is 2.63. The zero-order valence-corrected chi connectivity index (χ0v) is 14.3. The smallest absolute Gasteiger partial charge is 0.258 e. The van der Waals surface area contributed by atoms with E-state index >= 15 is 0 Å². The maximum Gasteiger partial charge on any atom is 0.290 e. The van der Waals surface area contributed by atoms with Crippen LogP contribution in [0.25, 0.3) is 11.1 Å². The van der Waals surface area contributed by atoms with Gasteiger partial charge in [-0.2, -0.15) is 0 Å². The molecule has 0 aliphatic carbocycles. The third-order valence-corrected chi connectivity index (χ3v) is 4.92. The molecule has 0 atom stereocenters. The van der Waals surface area contributed by atoms with E-state index in [1.165, 1.54) is 12.1 Å². The summed E-state index contributed by atoms with van der Waals surface area (Å²) in [4.78, 5) is 10.4. The van der Waals surface area contributed by atoms with Crippen molar-refractivity contribution in [3.05, 3.63) is 58.4 Å². The van der Waals surface area contributed by atoms with E-state index in [9.17, 15) is 10.1 Å². The Morgan fingerprint density at radius 2 is 1.29 bits per heavy atom. The van der Waals surface area contributed by atoms with E-state index in [0.717, 1.165) is 6.07 Å². The highest BCUT2D eigenvalue weighted by molar-refractivity contribution is 6.50. The lowest BCUT2D eigenvalue weighted by Crippen LogP contribution is -1.94. The predicted octanol–water partition coefficient (Wildman–Crippen LogP) is 7.18. The highest BCUT2D eigenvalue weighted by Gasteiger charge is 2.26. The molecule has 9 heteroatoms. The van der Waals surface area contributed by atoms with Crippen molar-refractivity contribution in [3.63, 3.8) is 0 Å². The monoisotopic (exact) mass is 403 g/mol. The van der Waals surface area contributed by atoms with Gasteiger partial charge in [-0.3, -0.25) is 10.1 Å². The Bertz CT molecular complexity index is 762. The normalized spacial score (nSPS) is 10.8. The van der Waals surface area contributed by atoms with E-state index in [1.54, 1.807) is 0 Å². The Hall–Kier alpha value is -0.420. The Balaban J connectivity index is 2.94. The minimum atomic E-state index is -0.680. The van der Waals surface area contributed by atoms with Crippen molar-refractivity contribution in [2.24, 2.45) is 0 Å². The maximum absolute atomic E-state index is 11.0. The summed E-state index contributed by atoms with van der Waals surface area (Å²) in [6.45, 7) is 0. The lowest BCUT2D eigenvalue weighted by atomic mass is 10.0. The second-order valence-electron chi connectivity index (χ2n) is 3.86. The highest BCUT2D eigenvalue weighted by atomic mass is 35.5. The highest BCUT2D eigenvalue weighted by Crippen LogP contribution is 2.49. The van der Waals surface area contributed by atoms with Crippen molar-refractivity contribution < 1.29 is 4.92 Å². The molecule has 0 bridgehead atoms. The van der Waals surface area contributed by atoms with Crippen molar-refractivity contribution in [1.82, 2.24) is 0 Å². The molecule has 0 aliphatic heterocycles. The number of rotatable bonds is 2. The number of hydrogen-bond donors (Lipinski definition) is 0. The van der Waals surface area contributed by atoms with Gasteiger partial charge in [0.25, 0.3) is 5.69 Å². The molecule has 0 saturated heterocycles. The van der Waals surface area contributed by atoms with Crippen LogP contribution in [0.5, 0.6) is 0 Å². The van der Waals surface area contributed by atoms with Gasteiger partial charge in [0, 0.05) is 17.2 Å². The van der Waals surface area contributed by atoms with Gasteiger partial charge in [-0.1, -0.05) is 69.6 Å². The summed E-state index contributed by atoms with van der Waals surface area (Å²) < 4.78 is 0. The quantitative estimate of drug-likeness (QED) is 0.301. The summed E-state index contributed by atoms with van der Waals surface area (Å²) in [6.07, 6.45) is 0. The molecule has 0 aromatic heterocycles. The number of halogens is 6. The van der Waals surface area contributed by atoms with E-state index in [2.05, 4.69) is 0 Å². The molecule has 0 spiro atoms. The lowest BCUT2D eigenvalue weighted by molar-refractivity contribution is -0.384. The number of nitro groups is 1. The van der Waals surface area contributed by atoms with Crippen LogP contribution in [0, 0.1) is 10.1 Å². The molecule has 0 amide bonds. The summed E-state index contributed by atoms with van der Waals surface area (Å²) in [5.41, 5.74) is -0.158. The van der Waals surface area contributed by atoms with Crippen LogP contribution in [-0.4, -0.2) is 4.92 Å². The topological polar surface area (TPSA) is 43.1 Å². The zero-order chi connectivity index (χ0) is 15.9. The lowest BCUT2D eigenvalue weighted by Gasteiger charge is -2.13. The molecule has 0 heterocycles. The summed E-state index contributed by atoms with van der Waals surface area (Å²) >= 11 is 36.2. The first-order valence-corrected chi connectivity index (χ1v) is 7.48. The predicted molar refractivity (Wildman–Crippen MR) is 88.6 cm³/mol. The van der Waals surface area contributed by atoms with Gasteiger partial charge in [0.2, 0.25) is 0 Å². The molecule has 0 saturated carbocycles. The zero-order valence-electron chi connectivity index (χ0n) is 9.76. The van der Waals surface area contributed by atoms with E-state index in [1.807, 2.05) is 0 Å². The molecule has 0 aliphatic rings. The first kappa shape index (κ1) is 16.9. The maximum atomic E-state index is 11.0. The molecule has 110 valence electrons. The molecule has 0 radical (unpaired) electrons. The SMILES string of the molecule is O=[N+]([O-])c1cc(Cl)c(Cl)c(-c2c(Cl)ccc(Cl)c2Cl)c1Cl. The van der Waals surface area contributed by atoms with Crippen LogP contribution in [0.15, 0.2) is 18.2 Å². The fraction of sp³-hybridized carbons (Fsp3) is 0. The van der Waals surface area contributed by atoms with Gasteiger partial charge in [0.05, 0.1) is 30.0 Å². The Kier molecular flexibility index (Phi) is 5.14. The van der Waals surface area contributed by atoms with Crippen LogP contribution in [0.1, 0.15) is 0 Å². The molecule has 0 N–H and O–H groups in total. The first-order valence-electron chi connectivity index (χ1n) is 5.21. The average Bonchev–Trinajstić information content (AvgIpc) is 2.41. The molecular weight excluding hydrogens is 403 g/mol. The second-order valence-corrected chi connectivity index (χ2v) is 6.21. The molecular formula is C12H3Cl6NO2. The van der Waals surface area contributed by atoms with Crippen LogP contribution in [-0.2, 0) is 0 Å². The molecule has 0 unspecified atom stereocenters. The van der Waals surface area contributed by atoms with Crippen molar-refractivity contribution in [1.29, 1.82) is 0 Å². The summed E-state index contributed by atoms with van der Waals surface area (Å²) in [5.74, 6) is 0. The third kappa shape index (κ3) is 3.04. The Morgan fingerprint density at radius 1 is 0.762 bits per heavy atom. The van der Waals surface area contributed by atoms with E-state index < -0.39 is 10.6 Å². The van der Waals surface area contributed by atoms with Crippen LogP contribution in [0.2, 0.25) is 30.1 Å². The van der Waals surface area contributed by atoms with E-state index in [4.69, 9.17) is 69.6 Å². The van der Waals surface area contributed by atoms with Gasteiger partial charge in [0.1, 0.15) is 5.02 Å². The molecule has 2 aromatic rings. The molecule has 3 nitrogen and oxygen atoms in total. The number of hydrogen-bond acceptors (Lipinski definition) is 2. The molecule has 2 rings (SSSR count). The van der Waals surface area contributed by atoms with Gasteiger partial charge in [-0.05, 0) is 12.1 Å². The van der Waals surface area contributed by atoms with Crippen molar-refractivity contribution in [2.45, 2.75) is 0 Å². The largest absolute Gasteiger partial charge is 0.290 e. The summed E-state index contributed by atoms with van der Waals surface area (Å²) in [6, 6.07) is 4.02. The average molecular weight is 406 g/mol. The van der Waals surface area contributed by atoms with E-state index in [0.29, 0.717) is 0 Å². The second kappa shape index (κ2) is 6.37.